The average molecular weight is 422 g/mol. The molecule has 9 nitrogen and oxygen atoms in total. The standard InChI is InChI=1S/C22H22N4O5/c1-4-13-5-8-16(9-6-13)26-20(27)18-19(21(26)28)25(24-23-18)12-15-11-14(22(29)31-3)7-10-17(15)30-2/h5-11,18-19H,4,12H2,1-3H3/t18-,19+/m1/s1. The lowest BCUT2D eigenvalue weighted by Crippen LogP contribution is -2.39. The number of ether oxygens (including phenoxy) is 2. The minimum atomic E-state index is -0.895. The van der Waals surface area contributed by atoms with E-state index < -0.39 is 24.0 Å². The van der Waals surface area contributed by atoms with E-state index in [-0.39, 0.29) is 12.5 Å². The molecule has 2 aromatic rings. The molecule has 160 valence electrons. The van der Waals surface area contributed by atoms with Crippen molar-refractivity contribution in [1.82, 2.24) is 5.01 Å². The lowest BCUT2D eigenvalue weighted by molar-refractivity contribution is -0.123. The highest BCUT2D eigenvalue weighted by Crippen LogP contribution is 2.34. The number of hydrogen-bond donors (Lipinski definition) is 0. The molecule has 4 rings (SSSR count). The number of imide groups is 1. The molecule has 2 atom stereocenters. The fourth-order valence-corrected chi connectivity index (χ4v) is 3.81. The number of methoxy groups -OCH3 is 2. The highest BCUT2D eigenvalue weighted by Gasteiger charge is 2.54. The van der Waals surface area contributed by atoms with Gasteiger partial charge in [0.05, 0.1) is 32.0 Å². The van der Waals surface area contributed by atoms with Gasteiger partial charge >= 0.3 is 5.97 Å². The Kier molecular flexibility index (Phi) is 5.41. The van der Waals surface area contributed by atoms with Crippen LogP contribution in [-0.2, 0) is 27.3 Å². The van der Waals surface area contributed by atoms with Crippen LogP contribution in [0.1, 0.15) is 28.4 Å². The van der Waals surface area contributed by atoms with Crippen molar-refractivity contribution >= 4 is 23.5 Å². The summed E-state index contributed by atoms with van der Waals surface area (Å²) in [5, 5.41) is 9.57. The maximum Gasteiger partial charge on any atom is 0.337 e. The minimum Gasteiger partial charge on any atom is -0.496 e. The van der Waals surface area contributed by atoms with Crippen molar-refractivity contribution in [1.29, 1.82) is 0 Å². The molecule has 0 N–H and O–H groups in total. The molecule has 0 aliphatic carbocycles. The number of hydrogen-bond acceptors (Lipinski definition) is 8. The third kappa shape index (κ3) is 3.52. The highest BCUT2D eigenvalue weighted by atomic mass is 16.5. The smallest absolute Gasteiger partial charge is 0.337 e. The Balaban J connectivity index is 1.60. The second kappa shape index (κ2) is 8.17. The van der Waals surface area contributed by atoms with Crippen LogP contribution in [0.3, 0.4) is 0 Å². The van der Waals surface area contributed by atoms with Crippen molar-refractivity contribution in [2.24, 2.45) is 10.3 Å². The third-order valence-corrected chi connectivity index (χ3v) is 5.49. The van der Waals surface area contributed by atoms with Crippen molar-refractivity contribution < 1.29 is 23.9 Å². The lowest BCUT2D eigenvalue weighted by Gasteiger charge is -2.22. The van der Waals surface area contributed by atoms with E-state index in [0.717, 1.165) is 12.0 Å². The van der Waals surface area contributed by atoms with E-state index in [1.165, 1.54) is 24.1 Å². The molecular formula is C22H22N4O5. The van der Waals surface area contributed by atoms with Gasteiger partial charge in [-0.25, -0.2) is 9.69 Å². The molecule has 2 heterocycles. The number of nitrogens with zero attached hydrogens (tertiary/aromatic N) is 4. The van der Waals surface area contributed by atoms with Crippen molar-refractivity contribution in [3.63, 3.8) is 0 Å². The molecule has 9 heteroatoms. The summed E-state index contributed by atoms with van der Waals surface area (Å²) in [6.07, 6.45) is 0.863. The van der Waals surface area contributed by atoms with Gasteiger partial charge in [-0.1, -0.05) is 24.3 Å². The molecule has 1 saturated heterocycles. The zero-order valence-electron chi connectivity index (χ0n) is 17.4. The maximum absolute atomic E-state index is 13.2. The van der Waals surface area contributed by atoms with Crippen LogP contribution in [0.2, 0.25) is 0 Å². The number of carbonyl (C=O) groups is 3. The van der Waals surface area contributed by atoms with E-state index in [4.69, 9.17) is 9.47 Å². The number of anilines is 1. The summed E-state index contributed by atoms with van der Waals surface area (Å²) < 4.78 is 10.2. The van der Waals surface area contributed by atoms with Gasteiger partial charge in [0, 0.05) is 5.56 Å². The molecular weight excluding hydrogens is 400 g/mol. The fraction of sp³-hybridized carbons (Fsp3) is 0.318. The molecule has 2 aliphatic heterocycles. The molecule has 0 aromatic heterocycles. The van der Waals surface area contributed by atoms with Gasteiger partial charge in [-0.2, -0.15) is 5.11 Å². The Labute approximate surface area is 179 Å². The number of benzene rings is 2. The van der Waals surface area contributed by atoms with Crippen molar-refractivity contribution in [3.8, 4) is 5.75 Å². The van der Waals surface area contributed by atoms with Crippen LogP contribution in [0.15, 0.2) is 52.8 Å². The molecule has 1 fully saturated rings. The van der Waals surface area contributed by atoms with Crippen LogP contribution in [0.4, 0.5) is 5.69 Å². The zero-order valence-corrected chi connectivity index (χ0v) is 17.4. The van der Waals surface area contributed by atoms with Gasteiger partial charge in [-0.05, 0) is 42.3 Å². The molecule has 0 radical (unpaired) electrons. The molecule has 2 amide bonds. The number of rotatable bonds is 6. The second-order valence-electron chi connectivity index (χ2n) is 7.24. The molecule has 31 heavy (non-hydrogen) atoms. The van der Waals surface area contributed by atoms with E-state index in [9.17, 15) is 14.4 Å². The normalized spacial score (nSPS) is 19.7. The van der Waals surface area contributed by atoms with Gasteiger partial charge in [0.15, 0.2) is 12.1 Å². The number of esters is 1. The van der Waals surface area contributed by atoms with Crippen LogP contribution in [-0.4, -0.2) is 49.1 Å². The van der Waals surface area contributed by atoms with Crippen LogP contribution in [0.25, 0.3) is 0 Å². The first-order chi connectivity index (χ1) is 15.0. The molecule has 0 unspecified atom stereocenters. The SMILES string of the molecule is CCc1ccc(N2C(=O)[C@@H]3[C@@H](N=NN3Cc3cc(C(=O)OC)ccc3OC)C2=O)cc1. The summed E-state index contributed by atoms with van der Waals surface area (Å²) >= 11 is 0. The summed E-state index contributed by atoms with van der Waals surface area (Å²) in [5.74, 6) is -0.748. The summed E-state index contributed by atoms with van der Waals surface area (Å²) in [6, 6.07) is 10.4. The van der Waals surface area contributed by atoms with Gasteiger partial charge in [-0.15, -0.1) is 0 Å². The Morgan fingerprint density at radius 2 is 1.81 bits per heavy atom. The number of fused-ring (bicyclic) bond motifs is 1. The lowest BCUT2D eigenvalue weighted by atomic mass is 10.1. The van der Waals surface area contributed by atoms with E-state index in [1.807, 2.05) is 19.1 Å². The molecule has 2 aliphatic rings. The minimum absolute atomic E-state index is 0.139. The van der Waals surface area contributed by atoms with Gasteiger partial charge in [0.2, 0.25) is 0 Å². The molecule has 2 aromatic carbocycles. The van der Waals surface area contributed by atoms with E-state index >= 15 is 0 Å². The number of amides is 2. The zero-order chi connectivity index (χ0) is 22.1. The molecule has 0 bridgehead atoms. The largest absolute Gasteiger partial charge is 0.496 e. The third-order valence-electron chi connectivity index (χ3n) is 5.49. The first-order valence-electron chi connectivity index (χ1n) is 9.87. The van der Waals surface area contributed by atoms with Crippen LogP contribution >= 0.6 is 0 Å². The van der Waals surface area contributed by atoms with E-state index in [2.05, 4.69) is 10.3 Å². The Morgan fingerprint density at radius 3 is 2.45 bits per heavy atom. The van der Waals surface area contributed by atoms with Gasteiger partial charge in [-0.3, -0.25) is 14.6 Å². The van der Waals surface area contributed by atoms with Gasteiger partial charge < -0.3 is 9.47 Å². The topological polar surface area (TPSA) is 101 Å². The van der Waals surface area contributed by atoms with E-state index in [1.54, 1.807) is 30.3 Å². The van der Waals surface area contributed by atoms with Gasteiger partial charge in [0.25, 0.3) is 11.8 Å². The van der Waals surface area contributed by atoms with Crippen molar-refractivity contribution in [3.05, 3.63) is 59.2 Å². The highest BCUT2D eigenvalue weighted by molar-refractivity contribution is 6.25. The summed E-state index contributed by atoms with van der Waals surface area (Å²) in [4.78, 5) is 39.1. The average Bonchev–Trinajstić information content (AvgIpc) is 3.32. The monoisotopic (exact) mass is 422 g/mol. The van der Waals surface area contributed by atoms with Crippen LogP contribution in [0, 0.1) is 0 Å². The maximum atomic E-state index is 13.2. The van der Waals surface area contributed by atoms with Crippen LogP contribution < -0.4 is 9.64 Å². The van der Waals surface area contributed by atoms with Crippen molar-refractivity contribution in [2.75, 3.05) is 19.1 Å². The first kappa shape index (κ1) is 20.5. The van der Waals surface area contributed by atoms with Crippen LogP contribution in [0.5, 0.6) is 5.75 Å². The molecule has 0 spiro atoms. The summed E-state index contributed by atoms with van der Waals surface area (Å²) in [6.45, 7) is 2.17. The van der Waals surface area contributed by atoms with Crippen molar-refractivity contribution in [2.45, 2.75) is 32.0 Å². The second-order valence-corrected chi connectivity index (χ2v) is 7.24. The Hall–Kier alpha value is -3.75. The first-order valence-corrected chi connectivity index (χ1v) is 9.87. The van der Waals surface area contributed by atoms with E-state index in [0.29, 0.717) is 22.6 Å². The summed E-state index contributed by atoms with van der Waals surface area (Å²) in [5.41, 5.74) is 2.59. The quantitative estimate of drug-likeness (QED) is 0.524. The number of carbonyl (C=O) groups excluding carboxylic acids is 3. The predicted octanol–water partition coefficient (Wildman–Crippen LogP) is 2.54. The summed E-state index contributed by atoms with van der Waals surface area (Å²) in [7, 11) is 2.81. The Bertz CT molecular complexity index is 1070. The van der Waals surface area contributed by atoms with Gasteiger partial charge in [0.1, 0.15) is 5.75 Å². The molecule has 0 saturated carbocycles. The predicted molar refractivity (Wildman–Crippen MR) is 111 cm³/mol. The fourth-order valence-electron chi connectivity index (χ4n) is 3.81. The number of aryl methyl sites for hydroxylation is 1. The Morgan fingerprint density at radius 1 is 1.06 bits per heavy atom.